The van der Waals surface area contributed by atoms with E-state index in [0.29, 0.717) is 22.3 Å². The van der Waals surface area contributed by atoms with E-state index in [9.17, 15) is 4.79 Å². The van der Waals surface area contributed by atoms with Crippen LogP contribution in [-0.4, -0.2) is 27.0 Å². The van der Waals surface area contributed by atoms with Crippen molar-refractivity contribution >= 4 is 56.6 Å². The van der Waals surface area contributed by atoms with Crippen LogP contribution >= 0.6 is 35.3 Å². The molecule has 0 spiro atoms. The third kappa shape index (κ3) is 4.83. The first-order valence-corrected chi connectivity index (χ1v) is 10.6. The summed E-state index contributed by atoms with van der Waals surface area (Å²) < 4.78 is 3.12. The maximum absolute atomic E-state index is 13.3. The fourth-order valence-corrected chi connectivity index (χ4v) is 4.60. The summed E-state index contributed by atoms with van der Waals surface area (Å²) in [7, 11) is 0. The molecular weight excluding hydrogens is 439 g/mol. The summed E-state index contributed by atoms with van der Waals surface area (Å²) in [5, 5.41) is 1.26. The van der Waals surface area contributed by atoms with Gasteiger partial charge in [0.1, 0.15) is 0 Å². The van der Waals surface area contributed by atoms with E-state index in [4.69, 9.17) is 16.6 Å². The molecule has 5 nitrogen and oxygen atoms in total. The fraction of sp³-hybridized carbons (Fsp3) is 0.227. The quantitative estimate of drug-likeness (QED) is 0.358. The number of rotatable bonds is 6. The van der Waals surface area contributed by atoms with E-state index in [-0.39, 0.29) is 18.3 Å². The number of benzene rings is 2. The minimum absolute atomic E-state index is 0. The van der Waals surface area contributed by atoms with E-state index in [2.05, 4.69) is 31.0 Å². The molecule has 0 saturated carbocycles. The molecule has 0 aliphatic heterocycles. The summed E-state index contributed by atoms with van der Waals surface area (Å²) in [5.41, 5.74) is 3.84. The smallest absolute Gasteiger partial charge is 0.260 e. The summed E-state index contributed by atoms with van der Waals surface area (Å²) in [6.45, 7) is 5.48. The van der Waals surface area contributed by atoms with Crippen molar-refractivity contribution in [2.75, 3.05) is 11.4 Å². The zero-order chi connectivity index (χ0) is 20.4. The molecule has 0 bridgehead atoms. The maximum Gasteiger partial charge on any atom is 0.260 e. The second kappa shape index (κ2) is 9.60. The molecule has 0 aliphatic rings. The standard InChI is InChI=1S/C22H21ClN4OS.ClH/c1-15-11-16(2)20-19(12-15)25-22(29-20)27(9-4-8-26-10-7-24-14-26)21(28)17-5-3-6-18(23)13-17;/h3,5-7,10-14H,4,8-9H2,1-2H3;1H. The number of hydrogen-bond donors (Lipinski definition) is 0. The van der Waals surface area contributed by atoms with Gasteiger partial charge in [-0.2, -0.15) is 0 Å². The van der Waals surface area contributed by atoms with E-state index < -0.39 is 0 Å². The van der Waals surface area contributed by atoms with Crippen molar-refractivity contribution in [3.05, 3.63) is 76.8 Å². The highest BCUT2D eigenvalue weighted by Gasteiger charge is 2.22. The predicted octanol–water partition coefficient (Wildman–Crippen LogP) is 5.92. The van der Waals surface area contributed by atoms with E-state index in [1.54, 1.807) is 53.0 Å². The SMILES string of the molecule is Cc1cc(C)c2sc(N(CCCn3ccnc3)C(=O)c3cccc(Cl)c3)nc2c1.Cl. The Balaban J connectivity index is 0.00000256. The number of amides is 1. The number of nitrogens with zero attached hydrogens (tertiary/aromatic N) is 4. The molecule has 2 aromatic carbocycles. The van der Waals surface area contributed by atoms with Gasteiger partial charge in [0.25, 0.3) is 5.91 Å². The molecule has 2 aromatic heterocycles. The first-order chi connectivity index (χ1) is 14.0. The number of aryl methyl sites for hydroxylation is 3. The molecule has 0 radical (unpaired) electrons. The molecular formula is C22H22Cl2N4OS. The van der Waals surface area contributed by atoms with Gasteiger partial charge >= 0.3 is 0 Å². The highest BCUT2D eigenvalue weighted by Crippen LogP contribution is 2.33. The molecule has 8 heteroatoms. The Labute approximate surface area is 190 Å². The molecule has 0 fully saturated rings. The van der Waals surface area contributed by atoms with E-state index in [1.807, 2.05) is 10.8 Å². The lowest BCUT2D eigenvalue weighted by molar-refractivity contribution is 0.0986. The molecule has 4 aromatic rings. The van der Waals surface area contributed by atoms with Crippen LogP contribution in [0.5, 0.6) is 0 Å². The average molecular weight is 461 g/mol. The third-order valence-corrected chi connectivity index (χ3v) is 6.18. The zero-order valence-electron chi connectivity index (χ0n) is 16.7. The largest absolute Gasteiger partial charge is 0.337 e. The van der Waals surface area contributed by atoms with Gasteiger partial charge in [0, 0.05) is 36.1 Å². The van der Waals surface area contributed by atoms with E-state index in [1.165, 1.54) is 11.1 Å². The minimum atomic E-state index is -0.0911. The van der Waals surface area contributed by atoms with Crippen LogP contribution in [0.3, 0.4) is 0 Å². The zero-order valence-corrected chi connectivity index (χ0v) is 19.1. The molecule has 0 saturated heterocycles. The first-order valence-electron chi connectivity index (χ1n) is 9.42. The number of carbonyl (C=O) groups excluding carboxylic acids is 1. The number of imidazole rings is 1. The summed E-state index contributed by atoms with van der Waals surface area (Å²) in [6.07, 6.45) is 6.25. The second-order valence-corrected chi connectivity index (χ2v) is 8.46. The van der Waals surface area contributed by atoms with Crippen LogP contribution in [-0.2, 0) is 6.54 Å². The molecule has 1 amide bonds. The number of carbonyl (C=O) groups is 1. The molecule has 2 heterocycles. The van der Waals surface area contributed by atoms with Crippen LogP contribution in [0.25, 0.3) is 10.2 Å². The monoisotopic (exact) mass is 460 g/mol. The van der Waals surface area contributed by atoms with Crippen molar-refractivity contribution in [2.45, 2.75) is 26.8 Å². The molecule has 156 valence electrons. The lowest BCUT2D eigenvalue weighted by Crippen LogP contribution is -2.32. The average Bonchev–Trinajstić information content (AvgIpc) is 3.34. The number of halogens is 2. The third-order valence-electron chi connectivity index (χ3n) is 4.71. The van der Waals surface area contributed by atoms with Crippen molar-refractivity contribution in [2.24, 2.45) is 0 Å². The van der Waals surface area contributed by atoms with Crippen molar-refractivity contribution in [3.8, 4) is 0 Å². The normalized spacial score (nSPS) is 10.8. The first kappa shape index (κ1) is 22.3. The minimum Gasteiger partial charge on any atom is -0.337 e. The highest BCUT2D eigenvalue weighted by atomic mass is 35.5. The summed E-state index contributed by atoms with van der Waals surface area (Å²) in [4.78, 5) is 24.0. The Morgan fingerprint density at radius 3 is 2.80 bits per heavy atom. The lowest BCUT2D eigenvalue weighted by atomic mass is 10.1. The number of thiazole rings is 1. The molecule has 0 N–H and O–H groups in total. The summed E-state index contributed by atoms with van der Waals surface area (Å²) in [5.74, 6) is -0.0911. The predicted molar refractivity (Wildman–Crippen MR) is 126 cm³/mol. The van der Waals surface area contributed by atoms with Crippen LogP contribution < -0.4 is 4.90 Å². The van der Waals surface area contributed by atoms with Gasteiger partial charge in [-0.3, -0.25) is 9.69 Å². The van der Waals surface area contributed by atoms with Gasteiger partial charge in [0.05, 0.1) is 16.5 Å². The van der Waals surface area contributed by atoms with Gasteiger partial charge in [-0.25, -0.2) is 9.97 Å². The van der Waals surface area contributed by atoms with Crippen LogP contribution in [0.1, 0.15) is 27.9 Å². The summed E-state index contributed by atoms with van der Waals surface area (Å²) >= 11 is 7.68. The van der Waals surface area contributed by atoms with Crippen molar-refractivity contribution in [3.63, 3.8) is 0 Å². The van der Waals surface area contributed by atoms with Crippen LogP contribution in [0.15, 0.2) is 55.1 Å². The fourth-order valence-electron chi connectivity index (χ4n) is 3.37. The van der Waals surface area contributed by atoms with E-state index in [0.717, 1.165) is 23.2 Å². The Morgan fingerprint density at radius 1 is 1.23 bits per heavy atom. The van der Waals surface area contributed by atoms with Crippen LogP contribution in [0.4, 0.5) is 5.13 Å². The van der Waals surface area contributed by atoms with Gasteiger partial charge in [0.15, 0.2) is 5.13 Å². The lowest BCUT2D eigenvalue weighted by Gasteiger charge is -2.20. The molecule has 0 unspecified atom stereocenters. The number of anilines is 1. The summed E-state index contributed by atoms with van der Waals surface area (Å²) in [6, 6.07) is 11.3. The molecule has 4 rings (SSSR count). The molecule has 0 aliphatic carbocycles. The van der Waals surface area contributed by atoms with Crippen molar-refractivity contribution in [1.29, 1.82) is 0 Å². The van der Waals surface area contributed by atoms with Crippen molar-refractivity contribution < 1.29 is 4.79 Å². The molecule has 0 atom stereocenters. The van der Waals surface area contributed by atoms with Crippen molar-refractivity contribution in [1.82, 2.24) is 14.5 Å². The Kier molecular flexibility index (Phi) is 7.13. The van der Waals surface area contributed by atoms with Gasteiger partial charge in [0.2, 0.25) is 0 Å². The van der Waals surface area contributed by atoms with Gasteiger partial charge in [-0.1, -0.05) is 35.1 Å². The topological polar surface area (TPSA) is 51.0 Å². The highest BCUT2D eigenvalue weighted by molar-refractivity contribution is 7.22. The number of fused-ring (bicyclic) bond motifs is 1. The number of hydrogen-bond acceptors (Lipinski definition) is 4. The van der Waals surface area contributed by atoms with Gasteiger partial charge in [-0.05, 0) is 55.7 Å². The van der Waals surface area contributed by atoms with Gasteiger partial charge in [-0.15, -0.1) is 12.4 Å². The van der Waals surface area contributed by atoms with Crippen LogP contribution in [0.2, 0.25) is 5.02 Å². The Morgan fingerprint density at radius 2 is 2.07 bits per heavy atom. The van der Waals surface area contributed by atoms with Crippen LogP contribution in [0, 0.1) is 13.8 Å². The molecule has 30 heavy (non-hydrogen) atoms. The van der Waals surface area contributed by atoms with Gasteiger partial charge < -0.3 is 4.57 Å². The maximum atomic E-state index is 13.3. The second-order valence-electron chi connectivity index (χ2n) is 7.05. The Bertz CT molecular complexity index is 1160. The number of aromatic nitrogens is 3. The van der Waals surface area contributed by atoms with E-state index >= 15 is 0 Å². The Hall–Kier alpha value is -2.41.